The second-order valence-electron chi connectivity index (χ2n) is 7.14. The molecule has 6 nitrogen and oxygen atoms in total. The number of nitrogens with zero attached hydrogens (tertiary/aromatic N) is 2. The molecule has 1 aliphatic heterocycles. The number of aliphatic hydroxyl groups excluding tert-OH is 1. The number of para-hydroxylation sites is 1. The molecule has 1 atom stereocenters. The first-order valence-electron chi connectivity index (χ1n) is 9.60. The van der Waals surface area contributed by atoms with E-state index in [0.29, 0.717) is 22.5 Å². The number of anilines is 3. The van der Waals surface area contributed by atoms with Crippen LogP contribution >= 0.6 is 0 Å². The van der Waals surface area contributed by atoms with Gasteiger partial charge in [0, 0.05) is 12.7 Å². The SMILES string of the molecule is COc1ccc(N(C)c2ccc(C(C)O)c3c2C(=O)N(c2ccccc2)C3=O)cc1. The van der Waals surface area contributed by atoms with Crippen LogP contribution < -0.4 is 14.5 Å². The van der Waals surface area contributed by atoms with Crippen molar-refractivity contribution in [3.05, 3.63) is 83.4 Å². The highest BCUT2D eigenvalue weighted by atomic mass is 16.5. The third-order valence-corrected chi connectivity index (χ3v) is 5.34. The van der Waals surface area contributed by atoms with Crippen molar-refractivity contribution in [1.82, 2.24) is 0 Å². The molecule has 4 rings (SSSR count). The van der Waals surface area contributed by atoms with Gasteiger partial charge in [0.2, 0.25) is 0 Å². The summed E-state index contributed by atoms with van der Waals surface area (Å²) < 4.78 is 5.21. The summed E-state index contributed by atoms with van der Waals surface area (Å²) in [6, 6.07) is 19.7. The molecule has 1 aliphatic rings. The van der Waals surface area contributed by atoms with Gasteiger partial charge in [0.25, 0.3) is 11.8 Å². The molecule has 3 aromatic rings. The number of carbonyl (C=O) groups is 2. The van der Waals surface area contributed by atoms with Gasteiger partial charge in [0.05, 0.1) is 35.7 Å². The number of amides is 2. The molecule has 152 valence electrons. The number of aliphatic hydroxyl groups is 1. The molecule has 2 amide bonds. The highest BCUT2D eigenvalue weighted by Crippen LogP contribution is 2.40. The number of carbonyl (C=O) groups excluding carboxylic acids is 2. The summed E-state index contributed by atoms with van der Waals surface area (Å²) in [5.74, 6) is -0.107. The van der Waals surface area contributed by atoms with Gasteiger partial charge < -0.3 is 14.7 Å². The first-order valence-corrected chi connectivity index (χ1v) is 9.60. The normalized spacial score (nSPS) is 13.9. The minimum atomic E-state index is -0.883. The van der Waals surface area contributed by atoms with Crippen molar-refractivity contribution in [1.29, 1.82) is 0 Å². The van der Waals surface area contributed by atoms with Crippen LogP contribution in [0.4, 0.5) is 17.1 Å². The molecule has 0 fully saturated rings. The van der Waals surface area contributed by atoms with E-state index in [1.807, 2.05) is 42.3 Å². The van der Waals surface area contributed by atoms with Crippen molar-refractivity contribution < 1.29 is 19.4 Å². The van der Waals surface area contributed by atoms with E-state index in [0.717, 1.165) is 11.4 Å². The fourth-order valence-corrected chi connectivity index (χ4v) is 3.75. The number of ether oxygens (including phenoxy) is 1. The van der Waals surface area contributed by atoms with Gasteiger partial charge in [-0.05, 0) is 55.0 Å². The van der Waals surface area contributed by atoms with Gasteiger partial charge in [0.15, 0.2) is 0 Å². The molecule has 0 aromatic heterocycles. The molecule has 0 bridgehead atoms. The van der Waals surface area contributed by atoms with Crippen molar-refractivity contribution >= 4 is 28.9 Å². The van der Waals surface area contributed by atoms with Gasteiger partial charge in [-0.3, -0.25) is 9.59 Å². The Balaban J connectivity index is 1.86. The second kappa shape index (κ2) is 7.65. The Morgan fingerprint density at radius 2 is 1.53 bits per heavy atom. The van der Waals surface area contributed by atoms with Gasteiger partial charge in [-0.2, -0.15) is 0 Å². The topological polar surface area (TPSA) is 70.1 Å². The Morgan fingerprint density at radius 3 is 2.13 bits per heavy atom. The Hall–Kier alpha value is -3.64. The van der Waals surface area contributed by atoms with E-state index < -0.39 is 17.9 Å². The van der Waals surface area contributed by atoms with Crippen LogP contribution in [0.15, 0.2) is 66.7 Å². The number of hydrogen-bond acceptors (Lipinski definition) is 5. The zero-order valence-corrected chi connectivity index (χ0v) is 17.0. The summed E-state index contributed by atoms with van der Waals surface area (Å²) in [5.41, 5.74) is 2.90. The van der Waals surface area contributed by atoms with Crippen LogP contribution in [0.3, 0.4) is 0 Å². The highest BCUT2D eigenvalue weighted by Gasteiger charge is 2.41. The van der Waals surface area contributed by atoms with Crippen LogP contribution in [-0.4, -0.2) is 31.1 Å². The minimum Gasteiger partial charge on any atom is -0.497 e. The quantitative estimate of drug-likeness (QED) is 0.644. The lowest BCUT2D eigenvalue weighted by molar-refractivity contribution is 0.0924. The summed E-state index contributed by atoms with van der Waals surface area (Å²) >= 11 is 0. The smallest absolute Gasteiger partial charge is 0.268 e. The maximum absolute atomic E-state index is 13.4. The lowest BCUT2D eigenvalue weighted by Crippen LogP contribution is -2.29. The highest BCUT2D eigenvalue weighted by molar-refractivity contribution is 6.36. The van der Waals surface area contributed by atoms with Crippen molar-refractivity contribution in [2.24, 2.45) is 0 Å². The summed E-state index contributed by atoms with van der Waals surface area (Å²) in [6.07, 6.45) is -0.883. The molecule has 1 heterocycles. The average molecular weight is 402 g/mol. The fourth-order valence-electron chi connectivity index (χ4n) is 3.75. The third kappa shape index (κ3) is 3.11. The Kier molecular flexibility index (Phi) is 5.01. The number of hydrogen-bond donors (Lipinski definition) is 1. The lowest BCUT2D eigenvalue weighted by Gasteiger charge is -2.23. The third-order valence-electron chi connectivity index (χ3n) is 5.34. The largest absolute Gasteiger partial charge is 0.497 e. The van der Waals surface area contributed by atoms with Crippen LogP contribution in [0.5, 0.6) is 5.75 Å². The minimum absolute atomic E-state index is 0.247. The van der Waals surface area contributed by atoms with Crippen molar-refractivity contribution in [3.63, 3.8) is 0 Å². The predicted molar refractivity (Wildman–Crippen MR) is 116 cm³/mol. The molecule has 0 radical (unpaired) electrons. The maximum Gasteiger partial charge on any atom is 0.268 e. The van der Waals surface area contributed by atoms with Gasteiger partial charge in [-0.1, -0.05) is 24.3 Å². The van der Waals surface area contributed by atoms with Crippen molar-refractivity contribution in [2.45, 2.75) is 13.0 Å². The van der Waals surface area contributed by atoms with Gasteiger partial charge in [-0.25, -0.2) is 4.90 Å². The molecule has 3 aromatic carbocycles. The second-order valence-corrected chi connectivity index (χ2v) is 7.14. The van der Waals surface area contributed by atoms with Gasteiger partial charge in [-0.15, -0.1) is 0 Å². The first-order chi connectivity index (χ1) is 14.4. The maximum atomic E-state index is 13.4. The zero-order chi connectivity index (χ0) is 21.4. The lowest BCUT2D eigenvalue weighted by atomic mass is 9.97. The van der Waals surface area contributed by atoms with Crippen LogP contribution in [0.25, 0.3) is 0 Å². The fraction of sp³-hybridized carbons (Fsp3) is 0.167. The van der Waals surface area contributed by atoms with E-state index in [9.17, 15) is 14.7 Å². The Bertz CT molecular complexity index is 1110. The van der Waals surface area contributed by atoms with E-state index >= 15 is 0 Å². The van der Waals surface area contributed by atoms with Crippen molar-refractivity contribution in [3.8, 4) is 5.75 Å². The number of methoxy groups -OCH3 is 1. The van der Waals surface area contributed by atoms with E-state index in [1.165, 1.54) is 4.90 Å². The monoisotopic (exact) mass is 402 g/mol. The van der Waals surface area contributed by atoms with E-state index in [1.54, 1.807) is 50.4 Å². The molecule has 30 heavy (non-hydrogen) atoms. The molecule has 1 unspecified atom stereocenters. The average Bonchev–Trinajstić information content (AvgIpc) is 3.04. The summed E-state index contributed by atoms with van der Waals surface area (Å²) in [4.78, 5) is 29.7. The predicted octanol–water partition coefficient (Wildman–Crippen LogP) is 4.32. The van der Waals surface area contributed by atoms with E-state index in [4.69, 9.17) is 4.74 Å². The Labute approximate surface area is 174 Å². The zero-order valence-electron chi connectivity index (χ0n) is 17.0. The standard InChI is InChI=1S/C24H22N2O4/c1-15(27)19-13-14-20(25(2)16-9-11-18(30-3)12-10-16)22-21(19)23(28)26(24(22)29)17-7-5-4-6-8-17/h4-15,27H,1-3H3. The number of rotatable bonds is 5. The summed E-state index contributed by atoms with van der Waals surface area (Å²) in [7, 11) is 3.44. The van der Waals surface area contributed by atoms with Gasteiger partial charge >= 0.3 is 0 Å². The molecule has 0 saturated heterocycles. The van der Waals surface area contributed by atoms with E-state index in [-0.39, 0.29) is 5.56 Å². The molecular weight excluding hydrogens is 380 g/mol. The molecule has 0 saturated carbocycles. The molecular formula is C24H22N2O4. The first kappa shape index (κ1) is 19.7. The summed E-state index contributed by atoms with van der Waals surface area (Å²) in [5, 5.41) is 10.2. The van der Waals surface area contributed by atoms with Crippen LogP contribution in [-0.2, 0) is 0 Å². The number of imide groups is 1. The molecule has 0 spiro atoms. The summed E-state index contributed by atoms with van der Waals surface area (Å²) in [6.45, 7) is 1.59. The Morgan fingerprint density at radius 1 is 0.900 bits per heavy atom. The molecule has 1 N–H and O–H groups in total. The van der Waals surface area contributed by atoms with E-state index in [2.05, 4.69) is 0 Å². The van der Waals surface area contributed by atoms with Crippen LogP contribution in [0.2, 0.25) is 0 Å². The molecule has 0 aliphatic carbocycles. The van der Waals surface area contributed by atoms with Crippen LogP contribution in [0.1, 0.15) is 39.3 Å². The molecule has 6 heteroatoms. The van der Waals surface area contributed by atoms with Gasteiger partial charge in [0.1, 0.15) is 5.75 Å². The number of fused-ring (bicyclic) bond motifs is 1. The van der Waals surface area contributed by atoms with Crippen molar-refractivity contribution in [2.75, 3.05) is 24.0 Å². The van der Waals surface area contributed by atoms with Crippen LogP contribution in [0, 0.1) is 0 Å². The number of benzene rings is 3.